The van der Waals surface area contributed by atoms with Gasteiger partial charge in [0.25, 0.3) is 0 Å². The Bertz CT molecular complexity index is 1110. The average molecular weight is 928 g/mol. The van der Waals surface area contributed by atoms with Crippen molar-refractivity contribution >= 4 is 17.9 Å². The second-order valence-electron chi connectivity index (χ2n) is 19.6. The molecule has 6 nitrogen and oxygen atoms in total. The predicted molar refractivity (Wildman–Crippen MR) is 284 cm³/mol. The lowest BCUT2D eigenvalue weighted by molar-refractivity contribution is -0.167. The van der Waals surface area contributed by atoms with Gasteiger partial charge in [-0.25, -0.2) is 0 Å². The van der Waals surface area contributed by atoms with E-state index in [9.17, 15) is 14.4 Å². The summed E-state index contributed by atoms with van der Waals surface area (Å²) in [5, 5.41) is 0. The van der Waals surface area contributed by atoms with Crippen LogP contribution in [-0.4, -0.2) is 37.2 Å². The summed E-state index contributed by atoms with van der Waals surface area (Å²) < 4.78 is 16.9. The molecule has 0 aliphatic carbocycles. The number of ether oxygens (including phenoxy) is 3. The van der Waals surface area contributed by atoms with Crippen LogP contribution in [0.5, 0.6) is 0 Å². The molecule has 0 heterocycles. The van der Waals surface area contributed by atoms with Gasteiger partial charge >= 0.3 is 17.9 Å². The predicted octanol–water partition coefficient (Wildman–Crippen LogP) is 19.3. The molecule has 1 unspecified atom stereocenters. The maximum atomic E-state index is 12.8. The van der Waals surface area contributed by atoms with Gasteiger partial charge in [-0.3, -0.25) is 14.4 Å². The van der Waals surface area contributed by atoms with E-state index in [0.717, 1.165) is 83.5 Å². The van der Waals surface area contributed by atoms with E-state index < -0.39 is 6.10 Å². The van der Waals surface area contributed by atoms with Crippen molar-refractivity contribution in [2.45, 2.75) is 316 Å². The van der Waals surface area contributed by atoms with Crippen LogP contribution in [0.2, 0.25) is 0 Å². The minimum Gasteiger partial charge on any atom is -0.462 e. The molecule has 66 heavy (non-hydrogen) atoms. The van der Waals surface area contributed by atoms with Crippen molar-refractivity contribution in [1.29, 1.82) is 0 Å². The van der Waals surface area contributed by atoms with Crippen LogP contribution in [0.4, 0.5) is 0 Å². The Balaban J connectivity index is 4.38. The smallest absolute Gasteiger partial charge is 0.306 e. The molecule has 0 bridgehead atoms. The summed E-state index contributed by atoms with van der Waals surface area (Å²) in [5.74, 6) is -0.884. The molecular weight excluding hydrogens is 817 g/mol. The van der Waals surface area contributed by atoms with Gasteiger partial charge in [-0.1, -0.05) is 256 Å². The Kier molecular flexibility index (Phi) is 53.2. The van der Waals surface area contributed by atoms with Gasteiger partial charge in [0.05, 0.1) is 0 Å². The number of hydrogen-bond acceptors (Lipinski definition) is 6. The van der Waals surface area contributed by atoms with Gasteiger partial charge < -0.3 is 14.2 Å². The van der Waals surface area contributed by atoms with E-state index in [1.807, 2.05) is 0 Å². The molecule has 0 aromatic carbocycles. The fraction of sp³-hybridized carbons (Fsp3) is 0.850. The molecule has 0 aliphatic heterocycles. The Hall–Kier alpha value is -2.37. The van der Waals surface area contributed by atoms with Crippen LogP contribution in [0.25, 0.3) is 0 Å². The van der Waals surface area contributed by atoms with Gasteiger partial charge in [-0.2, -0.15) is 0 Å². The standard InChI is InChI=1S/C60H110O6/c1-4-7-10-13-16-19-22-25-28-30-31-33-35-38-41-44-47-50-53-59(62)65-56-57(55-64-58(61)52-49-46-43-40-37-34-27-24-21-18-15-12-9-6-3)66-60(63)54-51-48-45-42-39-36-32-29-26-23-20-17-14-11-8-5-2/h28-33,57H,4-27,34-56H2,1-3H3/b30-28-,32-29-,33-31-. The number of hydrogen-bond donors (Lipinski definition) is 0. The first-order valence-corrected chi connectivity index (χ1v) is 29.0. The van der Waals surface area contributed by atoms with Crippen LogP contribution in [0.15, 0.2) is 36.5 Å². The van der Waals surface area contributed by atoms with E-state index in [-0.39, 0.29) is 31.1 Å². The van der Waals surface area contributed by atoms with E-state index in [0.29, 0.717) is 19.3 Å². The Morgan fingerprint density at radius 2 is 0.545 bits per heavy atom. The van der Waals surface area contributed by atoms with Gasteiger partial charge in [0.1, 0.15) is 13.2 Å². The monoisotopic (exact) mass is 927 g/mol. The Morgan fingerprint density at radius 3 is 0.848 bits per heavy atom. The van der Waals surface area contributed by atoms with Gasteiger partial charge in [0.15, 0.2) is 6.10 Å². The molecule has 0 aromatic heterocycles. The second kappa shape index (κ2) is 55.2. The van der Waals surface area contributed by atoms with E-state index >= 15 is 0 Å². The van der Waals surface area contributed by atoms with E-state index in [2.05, 4.69) is 57.2 Å². The summed E-state index contributed by atoms with van der Waals surface area (Å²) >= 11 is 0. The molecule has 0 spiro atoms. The molecule has 0 aliphatic rings. The maximum Gasteiger partial charge on any atom is 0.306 e. The first kappa shape index (κ1) is 63.6. The molecule has 0 saturated heterocycles. The highest BCUT2D eigenvalue weighted by Gasteiger charge is 2.19. The normalized spacial score (nSPS) is 12.2. The SMILES string of the molecule is CCCCCCCCC/C=C\C=C/CCCCCCCC(=O)OCC(COC(=O)CCCCCCCCCCCCCCCC)OC(=O)CCCCCCC/C=C\CCCCCCCCC. The van der Waals surface area contributed by atoms with Gasteiger partial charge in [0.2, 0.25) is 0 Å². The zero-order valence-electron chi connectivity index (χ0n) is 44.2. The van der Waals surface area contributed by atoms with Crippen molar-refractivity contribution in [1.82, 2.24) is 0 Å². The molecule has 1 atom stereocenters. The minimum absolute atomic E-state index is 0.0770. The summed E-state index contributed by atoms with van der Waals surface area (Å²) in [7, 11) is 0. The summed E-state index contributed by atoms with van der Waals surface area (Å²) in [4.78, 5) is 38.1. The van der Waals surface area contributed by atoms with Crippen LogP contribution < -0.4 is 0 Å². The first-order chi connectivity index (χ1) is 32.5. The molecule has 0 amide bonds. The quantitative estimate of drug-likeness (QED) is 0.0199. The molecule has 0 saturated carbocycles. The number of carbonyl (C=O) groups excluding carboxylic acids is 3. The highest BCUT2D eigenvalue weighted by molar-refractivity contribution is 5.71. The van der Waals surface area contributed by atoms with Crippen LogP contribution in [0.1, 0.15) is 310 Å². The number of allylic oxidation sites excluding steroid dienone is 6. The lowest BCUT2D eigenvalue weighted by atomic mass is 10.0. The topological polar surface area (TPSA) is 78.9 Å². The number of carbonyl (C=O) groups is 3. The number of esters is 3. The zero-order chi connectivity index (χ0) is 47.9. The van der Waals surface area contributed by atoms with Crippen molar-refractivity contribution in [2.24, 2.45) is 0 Å². The van der Waals surface area contributed by atoms with E-state index in [1.54, 1.807) is 0 Å². The van der Waals surface area contributed by atoms with Gasteiger partial charge in [-0.05, 0) is 70.6 Å². The van der Waals surface area contributed by atoms with E-state index in [4.69, 9.17) is 14.2 Å². The van der Waals surface area contributed by atoms with Crippen LogP contribution in [0.3, 0.4) is 0 Å². The van der Waals surface area contributed by atoms with Crippen molar-refractivity contribution in [3.8, 4) is 0 Å². The van der Waals surface area contributed by atoms with Crippen molar-refractivity contribution in [3.05, 3.63) is 36.5 Å². The Labute approximate surface area is 410 Å². The fourth-order valence-corrected chi connectivity index (χ4v) is 8.49. The summed E-state index contributed by atoms with van der Waals surface area (Å²) in [5.41, 5.74) is 0. The lowest BCUT2D eigenvalue weighted by Crippen LogP contribution is -2.30. The third kappa shape index (κ3) is 52.6. The number of rotatable bonds is 53. The highest BCUT2D eigenvalue weighted by Crippen LogP contribution is 2.16. The van der Waals surface area contributed by atoms with Crippen LogP contribution in [0, 0.1) is 0 Å². The largest absolute Gasteiger partial charge is 0.462 e. The third-order valence-electron chi connectivity index (χ3n) is 12.9. The van der Waals surface area contributed by atoms with Crippen LogP contribution >= 0.6 is 0 Å². The molecule has 386 valence electrons. The van der Waals surface area contributed by atoms with Crippen molar-refractivity contribution in [2.75, 3.05) is 13.2 Å². The third-order valence-corrected chi connectivity index (χ3v) is 12.9. The molecule has 0 aromatic rings. The lowest BCUT2D eigenvalue weighted by Gasteiger charge is -2.18. The average Bonchev–Trinajstić information content (AvgIpc) is 3.31. The summed E-state index contributed by atoms with van der Waals surface area (Å²) in [6, 6.07) is 0. The minimum atomic E-state index is -0.780. The maximum absolute atomic E-state index is 12.8. The van der Waals surface area contributed by atoms with Crippen LogP contribution in [-0.2, 0) is 28.6 Å². The highest BCUT2D eigenvalue weighted by atomic mass is 16.6. The zero-order valence-corrected chi connectivity index (χ0v) is 44.2. The summed E-state index contributed by atoms with van der Waals surface area (Å²) in [6.07, 6.45) is 65.6. The summed E-state index contributed by atoms with van der Waals surface area (Å²) in [6.45, 7) is 6.65. The second-order valence-corrected chi connectivity index (χ2v) is 19.6. The van der Waals surface area contributed by atoms with E-state index in [1.165, 1.54) is 186 Å². The number of unbranched alkanes of at least 4 members (excludes halogenated alkanes) is 37. The molecule has 0 rings (SSSR count). The van der Waals surface area contributed by atoms with Crippen molar-refractivity contribution in [3.63, 3.8) is 0 Å². The first-order valence-electron chi connectivity index (χ1n) is 29.0. The molecule has 0 N–H and O–H groups in total. The Morgan fingerprint density at radius 1 is 0.303 bits per heavy atom. The van der Waals surface area contributed by atoms with Gasteiger partial charge in [0, 0.05) is 19.3 Å². The molecule has 0 radical (unpaired) electrons. The molecular formula is C60H110O6. The van der Waals surface area contributed by atoms with Gasteiger partial charge in [-0.15, -0.1) is 0 Å². The molecule has 6 heteroatoms. The van der Waals surface area contributed by atoms with Crippen molar-refractivity contribution < 1.29 is 28.6 Å². The molecule has 0 fully saturated rings. The fourth-order valence-electron chi connectivity index (χ4n) is 8.49.